The summed E-state index contributed by atoms with van der Waals surface area (Å²) >= 11 is 0. The third-order valence-corrected chi connectivity index (χ3v) is 2.64. The number of amides is 2. The highest BCUT2D eigenvalue weighted by Crippen LogP contribution is 2.37. The molecule has 1 heterocycles. The molecule has 0 aliphatic carbocycles. The number of aryl methyl sites for hydroxylation is 1. The quantitative estimate of drug-likeness (QED) is 0.840. The second kappa shape index (κ2) is 4.68. The van der Waals surface area contributed by atoms with Crippen LogP contribution in [0.4, 0.5) is 11.4 Å². The number of fused-ring (bicyclic) bond motifs is 1. The van der Waals surface area contributed by atoms with Crippen molar-refractivity contribution >= 4 is 23.2 Å². The molecule has 0 saturated heterocycles. The molecular formula is C13H16N2O3. The van der Waals surface area contributed by atoms with Gasteiger partial charge in [0.2, 0.25) is 5.91 Å². The first kappa shape index (κ1) is 12.4. The first-order valence-electron chi connectivity index (χ1n) is 5.85. The molecule has 0 bridgehead atoms. The lowest BCUT2D eigenvalue weighted by molar-refractivity contribution is -0.119. The monoisotopic (exact) mass is 248 g/mol. The van der Waals surface area contributed by atoms with Crippen molar-refractivity contribution in [2.75, 3.05) is 17.2 Å². The Kier molecular flexibility index (Phi) is 3.23. The minimum absolute atomic E-state index is 0.0272. The van der Waals surface area contributed by atoms with E-state index < -0.39 is 0 Å². The van der Waals surface area contributed by atoms with Gasteiger partial charge in [0.1, 0.15) is 0 Å². The van der Waals surface area contributed by atoms with Crippen molar-refractivity contribution in [2.24, 2.45) is 5.92 Å². The third kappa shape index (κ3) is 2.45. The minimum Gasteiger partial charge on any atom is -0.479 e. The summed E-state index contributed by atoms with van der Waals surface area (Å²) in [6, 6.07) is 3.65. The summed E-state index contributed by atoms with van der Waals surface area (Å²) in [7, 11) is 0. The molecule has 2 amide bonds. The van der Waals surface area contributed by atoms with Gasteiger partial charge in [0, 0.05) is 5.92 Å². The van der Waals surface area contributed by atoms with Crippen LogP contribution in [-0.4, -0.2) is 18.4 Å². The summed E-state index contributed by atoms with van der Waals surface area (Å²) < 4.78 is 5.38. The van der Waals surface area contributed by atoms with E-state index in [1.165, 1.54) is 0 Å². The van der Waals surface area contributed by atoms with Crippen LogP contribution in [0.25, 0.3) is 0 Å². The molecule has 0 radical (unpaired) electrons. The number of anilines is 2. The zero-order chi connectivity index (χ0) is 13.3. The number of carbonyl (C=O) groups is 2. The lowest BCUT2D eigenvalue weighted by atomic mass is 10.1. The van der Waals surface area contributed by atoms with Crippen LogP contribution in [-0.2, 0) is 9.59 Å². The topological polar surface area (TPSA) is 67.4 Å². The molecule has 2 N–H and O–H groups in total. The maximum Gasteiger partial charge on any atom is 0.262 e. The number of benzene rings is 1. The number of hydrogen-bond acceptors (Lipinski definition) is 3. The largest absolute Gasteiger partial charge is 0.479 e. The highest BCUT2D eigenvalue weighted by Gasteiger charge is 2.21. The number of carbonyl (C=O) groups excluding carboxylic acids is 2. The SMILES string of the molecule is Cc1cc2c(c(NC(=O)C(C)C)c1)OCC(=O)N2. The number of hydrogen-bond donors (Lipinski definition) is 2. The van der Waals surface area contributed by atoms with Gasteiger partial charge in [0.15, 0.2) is 12.4 Å². The van der Waals surface area contributed by atoms with Gasteiger partial charge in [-0.15, -0.1) is 0 Å². The van der Waals surface area contributed by atoms with E-state index in [9.17, 15) is 9.59 Å². The summed E-state index contributed by atoms with van der Waals surface area (Å²) in [5, 5.41) is 5.54. The van der Waals surface area contributed by atoms with Crippen molar-refractivity contribution < 1.29 is 14.3 Å². The average Bonchev–Trinajstić information content (AvgIpc) is 2.27. The summed E-state index contributed by atoms with van der Waals surface area (Å²) in [6.07, 6.45) is 0. The van der Waals surface area contributed by atoms with Crippen LogP contribution in [0.1, 0.15) is 19.4 Å². The van der Waals surface area contributed by atoms with Gasteiger partial charge in [0.25, 0.3) is 5.91 Å². The van der Waals surface area contributed by atoms with E-state index in [1.807, 2.05) is 32.9 Å². The molecule has 0 atom stereocenters. The number of ether oxygens (including phenoxy) is 1. The highest BCUT2D eigenvalue weighted by molar-refractivity contribution is 6.00. The zero-order valence-electron chi connectivity index (χ0n) is 10.7. The Morgan fingerprint density at radius 2 is 2.17 bits per heavy atom. The van der Waals surface area contributed by atoms with E-state index in [0.717, 1.165) is 5.56 Å². The maximum atomic E-state index is 11.7. The molecule has 0 spiro atoms. The van der Waals surface area contributed by atoms with Crippen LogP contribution in [0.15, 0.2) is 12.1 Å². The van der Waals surface area contributed by atoms with Crippen molar-refractivity contribution in [1.82, 2.24) is 0 Å². The molecule has 18 heavy (non-hydrogen) atoms. The molecule has 1 aliphatic rings. The van der Waals surface area contributed by atoms with Gasteiger partial charge < -0.3 is 15.4 Å². The summed E-state index contributed by atoms with van der Waals surface area (Å²) in [5.74, 6) is 0.145. The fraction of sp³-hybridized carbons (Fsp3) is 0.385. The second-order valence-corrected chi connectivity index (χ2v) is 4.67. The molecule has 1 aromatic carbocycles. The van der Waals surface area contributed by atoms with Crippen molar-refractivity contribution in [3.63, 3.8) is 0 Å². The van der Waals surface area contributed by atoms with E-state index in [2.05, 4.69) is 10.6 Å². The summed E-state index contributed by atoms with van der Waals surface area (Å²) in [6.45, 7) is 5.51. The predicted octanol–water partition coefficient (Wildman–Crippen LogP) is 1.92. The van der Waals surface area contributed by atoms with Gasteiger partial charge in [0.05, 0.1) is 11.4 Å². The van der Waals surface area contributed by atoms with Crippen molar-refractivity contribution in [3.8, 4) is 5.75 Å². The minimum atomic E-state index is -0.186. The number of nitrogens with one attached hydrogen (secondary N) is 2. The molecular weight excluding hydrogens is 232 g/mol. The third-order valence-electron chi connectivity index (χ3n) is 2.64. The van der Waals surface area contributed by atoms with E-state index in [1.54, 1.807) is 0 Å². The van der Waals surface area contributed by atoms with Crippen LogP contribution in [0, 0.1) is 12.8 Å². The average molecular weight is 248 g/mol. The van der Waals surface area contributed by atoms with Gasteiger partial charge in [-0.25, -0.2) is 0 Å². The zero-order valence-corrected chi connectivity index (χ0v) is 10.7. The van der Waals surface area contributed by atoms with Gasteiger partial charge in [-0.3, -0.25) is 9.59 Å². The molecule has 96 valence electrons. The normalized spacial score (nSPS) is 13.7. The van der Waals surface area contributed by atoms with E-state index >= 15 is 0 Å². The Morgan fingerprint density at radius 3 is 2.83 bits per heavy atom. The molecule has 0 fully saturated rings. The Bertz CT molecular complexity index is 509. The fourth-order valence-corrected chi connectivity index (χ4v) is 1.72. The van der Waals surface area contributed by atoms with Crippen LogP contribution in [0.2, 0.25) is 0 Å². The fourth-order valence-electron chi connectivity index (χ4n) is 1.72. The second-order valence-electron chi connectivity index (χ2n) is 4.67. The smallest absolute Gasteiger partial charge is 0.262 e. The lowest BCUT2D eigenvalue weighted by Gasteiger charge is -2.22. The summed E-state index contributed by atoms with van der Waals surface area (Å²) in [5.41, 5.74) is 2.15. The van der Waals surface area contributed by atoms with E-state index in [0.29, 0.717) is 17.1 Å². The Morgan fingerprint density at radius 1 is 1.44 bits per heavy atom. The molecule has 1 aromatic rings. The molecule has 5 heteroatoms. The van der Waals surface area contributed by atoms with Crippen LogP contribution in [0.5, 0.6) is 5.75 Å². The predicted molar refractivity (Wildman–Crippen MR) is 68.8 cm³/mol. The van der Waals surface area contributed by atoms with Crippen molar-refractivity contribution in [1.29, 1.82) is 0 Å². The molecule has 2 rings (SSSR count). The Hall–Kier alpha value is -2.04. The van der Waals surface area contributed by atoms with Crippen LogP contribution < -0.4 is 15.4 Å². The van der Waals surface area contributed by atoms with Gasteiger partial charge in [-0.05, 0) is 24.6 Å². The van der Waals surface area contributed by atoms with Gasteiger partial charge in [-0.2, -0.15) is 0 Å². The summed E-state index contributed by atoms with van der Waals surface area (Å²) in [4.78, 5) is 23.0. The highest BCUT2D eigenvalue weighted by atomic mass is 16.5. The van der Waals surface area contributed by atoms with E-state index in [4.69, 9.17) is 4.74 Å². The molecule has 0 unspecified atom stereocenters. The van der Waals surface area contributed by atoms with Crippen molar-refractivity contribution in [3.05, 3.63) is 17.7 Å². The molecule has 5 nitrogen and oxygen atoms in total. The van der Waals surface area contributed by atoms with Gasteiger partial charge in [-0.1, -0.05) is 13.8 Å². The Balaban J connectivity index is 2.36. The first-order valence-corrected chi connectivity index (χ1v) is 5.85. The molecule has 0 saturated carbocycles. The molecule has 1 aliphatic heterocycles. The van der Waals surface area contributed by atoms with Gasteiger partial charge >= 0.3 is 0 Å². The standard InChI is InChI=1S/C13H16N2O3/c1-7(2)13(17)15-10-5-8(3)4-9-12(10)18-6-11(16)14-9/h4-5,7H,6H2,1-3H3,(H,14,16)(H,15,17). The van der Waals surface area contributed by atoms with Crippen molar-refractivity contribution in [2.45, 2.75) is 20.8 Å². The first-order chi connectivity index (χ1) is 8.47. The van der Waals surface area contributed by atoms with Crippen LogP contribution in [0.3, 0.4) is 0 Å². The van der Waals surface area contributed by atoms with Crippen LogP contribution >= 0.6 is 0 Å². The Labute approximate surface area is 106 Å². The molecule has 0 aromatic heterocycles. The lowest BCUT2D eigenvalue weighted by Crippen LogP contribution is -2.27. The van der Waals surface area contributed by atoms with E-state index in [-0.39, 0.29) is 24.3 Å². The maximum absolute atomic E-state index is 11.7. The number of rotatable bonds is 2.